The molecule has 0 amide bonds. The summed E-state index contributed by atoms with van der Waals surface area (Å²) in [6.07, 6.45) is -4.56. The Bertz CT molecular complexity index is 448. The zero-order valence-corrected chi connectivity index (χ0v) is 9.33. The second-order valence-electron chi connectivity index (χ2n) is 3.87. The number of aliphatic hydroxyl groups is 1. The molecular formula is C11H12F3NO3. The number of hydrogen-bond donors (Lipinski definition) is 2. The van der Waals surface area contributed by atoms with Crippen molar-refractivity contribution in [3.8, 4) is 11.5 Å². The van der Waals surface area contributed by atoms with Gasteiger partial charge in [-0.1, -0.05) is 0 Å². The lowest BCUT2D eigenvalue weighted by Crippen LogP contribution is -2.22. The predicted molar refractivity (Wildman–Crippen MR) is 56.4 cm³/mol. The van der Waals surface area contributed by atoms with Crippen LogP contribution >= 0.6 is 0 Å². The van der Waals surface area contributed by atoms with Crippen LogP contribution < -0.4 is 15.2 Å². The van der Waals surface area contributed by atoms with Gasteiger partial charge < -0.3 is 20.3 Å². The van der Waals surface area contributed by atoms with Gasteiger partial charge in [0.05, 0.1) is 18.2 Å². The lowest BCUT2D eigenvalue weighted by Gasteiger charge is -2.23. The van der Waals surface area contributed by atoms with Crippen LogP contribution in [0, 0.1) is 0 Å². The molecule has 0 spiro atoms. The van der Waals surface area contributed by atoms with Crippen molar-refractivity contribution in [2.45, 2.75) is 12.2 Å². The number of ether oxygens (including phenoxy) is 2. The van der Waals surface area contributed by atoms with Gasteiger partial charge in [0.25, 0.3) is 0 Å². The van der Waals surface area contributed by atoms with E-state index in [4.69, 9.17) is 20.3 Å². The van der Waals surface area contributed by atoms with E-state index in [2.05, 4.69) is 0 Å². The normalized spacial score (nSPS) is 16.5. The Hall–Kier alpha value is -1.47. The van der Waals surface area contributed by atoms with Crippen LogP contribution in [-0.2, 0) is 6.18 Å². The molecule has 7 heteroatoms. The molecular weight excluding hydrogens is 251 g/mol. The van der Waals surface area contributed by atoms with Crippen molar-refractivity contribution >= 4 is 0 Å². The molecule has 1 atom stereocenters. The summed E-state index contributed by atoms with van der Waals surface area (Å²) in [4.78, 5) is 0. The maximum Gasteiger partial charge on any atom is 0.416 e. The summed E-state index contributed by atoms with van der Waals surface area (Å²) in [5.41, 5.74) is 4.37. The maximum atomic E-state index is 12.9. The molecule has 0 saturated heterocycles. The fraction of sp³-hybridized carbons (Fsp3) is 0.455. The highest BCUT2D eigenvalue weighted by molar-refractivity contribution is 5.50. The summed E-state index contributed by atoms with van der Waals surface area (Å²) in [7, 11) is 0. The van der Waals surface area contributed by atoms with Crippen LogP contribution in [0.3, 0.4) is 0 Å². The summed E-state index contributed by atoms with van der Waals surface area (Å²) in [6, 6.07) is 0.926. The fourth-order valence-corrected chi connectivity index (χ4v) is 1.76. The van der Waals surface area contributed by atoms with Gasteiger partial charge in [0, 0.05) is 0 Å². The van der Waals surface area contributed by atoms with Crippen molar-refractivity contribution in [3.63, 3.8) is 0 Å². The molecule has 1 aliphatic heterocycles. The topological polar surface area (TPSA) is 64.7 Å². The monoisotopic (exact) mass is 263 g/mol. The molecule has 0 aliphatic carbocycles. The third-order valence-corrected chi connectivity index (χ3v) is 2.62. The fourth-order valence-electron chi connectivity index (χ4n) is 1.76. The Kier molecular flexibility index (Phi) is 3.36. The summed E-state index contributed by atoms with van der Waals surface area (Å²) < 4.78 is 48.9. The molecule has 0 saturated carbocycles. The highest BCUT2D eigenvalue weighted by atomic mass is 19.4. The van der Waals surface area contributed by atoms with Gasteiger partial charge in [-0.3, -0.25) is 0 Å². The summed E-state index contributed by atoms with van der Waals surface area (Å²) >= 11 is 0. The van der Waals surface area contributed by atoms with Crippen LogP contribution in [0.4, 0.5) is 13.2 Å². The van der Waals surface area contributed by atoms with Crippen LogP contribution in [0.25, 0.3) is 0 Å². The van der Waals surface area contributed by atoms with E-state index in [-0.39, 0.29) is 30.3 Å². The van der Waals surface area contributed by atoms with E-state index in [9.17, 15) is 13.2 Å². The number of benzene rings is 1. The third-order valence-electron chi connectivity index (χ3n) is 2.62. The van der Waals surface area contributed by atoms with Gasteiger partial charge >= 0.3 is 6.18 Å². The molecule has 0 radical (unpaired) electrons. The van der Waals surface area contributed by atoms with Crippen molar-refractivity contribution in [2.24, 2.45) is 5.73 Å². The predicted octanol–water partition coefficient (Wildman–Crippen LogP) is 1.47. The minimum Gasteiger partial charge on any atom is -0.486 e. The third kappa shape index (κ3) is 2.37. The van der Waals surface area contributed by atoms with Gasteiger partial charge in [-0.15, -0.1) is 0 Å². The van der Waals surface area contributed by atoms with Crippen LogP contribution in [0.1, 0.15) is 17.2 Å². The SMILES string of the molecule is NC(CO)c1cc2c(cc1C(F)(F)F)OCCO2. The zero-order chi connectivity index (χ0) is 13.3. The van der Waals surface area contributed by atoms with E-state index in [0.717, 1.165) is 6.07 Å². The quantitative estimate of drug-likeness (QED) is 0.848. The minimum absolute atomic E-state index is 0.0439. The Morgan fingerprint density at radius 1 is 1.22 bits per heavy atom. The van der Waals surface area contributed by atoms with Crippen molar-refractivity contribution in [1.82, 2.24) is 0 Å². The molecule has 18 heavy (non-hydrogen) atoms. The zero-order valence-electron chi connectivity index (χ0n) is 9.33. The second kappa shape index (κ2) is 4.66. The summed E-state index contributed by atoms with van der Waals surface area (Å²) in [6.45, 7) is -0.107. The van der Waals surface area contributed by atoms with E-state index in [1.165, 1.54) is 6.07 Å². The number of nitrogens with two attached hydrogens (primary N) is 1. The first-order chi connectivity index (χ1) is 8.43. The van der Waals surface area contributed by atoms with Crippen LogP contribution in [0.5, 0.6) is 11.5 Å². The number of alkyl halides is 3. The van der Waals surface area contributed by atoms with Crippen molar-refractivity contribution < 1.29 is 27.8 Å². The largest absolute Gasteiger partial charge is 0.486 e. The molecule has 1 aromatic rings. The summed E-state index contributed by atoms with van der Waals surface area (Å²) in [5.74, 6) is 0.260. The van der Waals surface area contributed by atoms with Gasteiger partial charge in [0.15, 0.2) is 11.5 Å². The molecule has 0 bridgehead atoms. The lowest BCUT2D eigenvalue weighted by molar-refractivity contribution is -0.138. The Labute approximate surface area is 101 Å². The molecule has 1 heterocycles. The van der Waals surface area contributed by atoms with E-state index >= 15 is 0 Å². The first-order valence-electron chi connectivity index (χ1n) is 5.30. The van der Waals surface area contributed by atoms with E-state index in [0.29, 0.717) is 0 Å². The van der Waals surface area contributed by atoms with Gasteiger partial charge in [-0.2, -0.15) is 13.2 Å². The highest BCUT2D eigenvalue weighted by Crippen LogP contribution is 2.41. The van der Waals surface area contributed by atoms with Gasteiger partial charge in [-0.25, -0.2) is 0 Å². The van der Waals surface area contributed by atoms with E-state index in [1.54, 1.807) is 0 Å². The first-order valence-corrected chi connectivity index (χ1v) is 5.30. The number of fused-ring (bicyclic) bond motifs is 1. The second-order valence-corrected chi connectivity index (χ2v) is 3.87. The minimum atomic E-state index is -4.56. The van der Waals surface area contributed by atoms with E-state index < -0.39 is 24.4 Å². The highest BCUT2D eigenvalue weighted by Gasteiger charge is 2.36. The van der Waals surface area contributed by atoms with Crippen LogP contribution in [-0.4, -0.2) is 24.9 Å². The molecule has 1 aliphatic rings. The van der Waals surface area contributed by atoms with Crippen molar-refractivity contribution in [1.29, 1.82) is 0 Å². The number of rotatable bonds is 2. The Balaban J connectivity index is 2.54. The Morgan fingerprint density at radius 2 is 1.78 bits per heavy atom. The van der Waals surface area contributed by atoms with E-state index in [1.807, 2.05) is 0 Å². The van der Waals surface area contributed by atoms with Crippen LogP contribution in [0.2, 0.25) is 0 Å². The molecule has 4 nitrogen and oxygen atoms in total. The standard InChI is InChI=1S/C11H12F3NO3/c12-11(13,14)7-4-10-9(17-1-2-18-10)3-6(7)8(15)5-16/h3-4,8,16H,1-2,5,15H2. The molecule has 2 rings (SSSR count). The van der Waals surface area contributed by atoms with Crippen molar-refractivity contribution in [2.75, 3.05) is 19.8 Å². The molecule has 0 fully saturated rings. The van der Waals surface area contributed by atoms with Crippen LogP contribution in [0.15, 0.2) is 12.1 Å². The Morgan fingerprint density at radius 3 is 2.28 bits per heavy atom. The molecule has 1 unspecified atom stereocenters. The molecule has 1 aromatic carbocycles. The number of halogens is 3. The molecule has 0 aromatic heterocycles. The average molecular weight is 263 g/mol. The smallest absolute Gasteiger partial charge is 0.416 e. The average Bonchev–Trinajstić information content (AvgIpc) is 2.35. The van der Waals surface area contributed by atoms with Gasteiger partial charge in [0.2, 0.25) is 0 Å². The first kappa shape index (κ1) is 13.0. The number of hydrogen-bond acceptors (Lipinski definition) is 4. The van der Waals surface area contributed by atoms with Crippen molar-refractivity contribution in [3.05, 3.63) is 23.3 Å². The van der Waals surface area contributed by atoms with Gasteiger partial charge in [-0.05, 0) is 17.7 Å². The lowest BCUT2D eigenvalue weighted by atomic mass is 9.99. The molecule has 3 N–H and O–H groups in total. The maximum absolute atomic E-state index is 12.9. The van der Waals surface area contributed by atoms with Gasteiger partial charge in [0.1, 0.15) is 13.2 Å². The molecule has 100 valence electrons. The summed E-state index contributed by atoms with van der Waals surface area (Å²) in [5, 5.41) is 8.92. The number of aliphatic hydroxyl groups excluding tert-OH is 1.